The molecule has 2 atom stereocenters. The molecule has 4 heterocycles. The van der Waals surface area contributed by atoms with Crippen LogP contribution >= 0.6 is 0 Å². The van der Waals surface area contributed by atoms with Crippen molar-refractivity contribution in [2.45, 2.75) is 18.7 Å². The van der Waals surface area contributed by atoms with Crippen LogP contribution in [0.25, 0.3) is 11.4 Å². The lowest BCUT2D eigenvalue weighted by molar-refractivity contribution is 0.0965. The Morgan fingerprint density at radius 3 is 2.83 bits per heavy atom. The number of methoxy groups -OCH3 is 1. The van der Waals surface area contributed by atoms with Crippen LogP contribution in [0.5, 0.6) is 0 Å². The lowest BCUT2D eigenvalue weighted by Crippen LogP contribution is -2.39. The molecule has 3 aromatic heterocycles. The maximum absolute atomic E-state index is 5.72. The predicted octanol–water partition coefficient (Wildman–Crippen LogP) is 1.32. The summed E-state index contributed by atoms with van der Waals surface area (Å²) in [5.41, 5.74) is 2.71. The molecule has 1 aliphatic heterocycles. The number of rotatable bonds is 7. The number of aromatic nitrogens is 5. The Morgan fingerprint density at radius 2 is 2.07 bits per heavy atom. The van der Waals surface area contributed by atoms with Gasteiger partial charge in [-0.1, -0.05) is 6.07 Å². The zero-order chi connectivity index (χ0) is 20.2. The van der Waals surface area contributed by atoms with Crippen molar-refractivity contribution in [3.63, 3.8) is 0 Å². The van der Waals surface area contributed by atoms with E-state index in [4.69, 9.17) is 4.74 Å². The topological polar surface area (TPSA) is 95.1 Å². The fraction of sp³-hybridized carbons (Fsp3) is 0.400. The number of H-pyrrole nitrogens is 1. The van der Waals surface area contributed by atoms with Crippen molar-refractivity contribution in [3.05, 3.63) is 48.4 Å². The van der Waals surface area contributed by atoms with Gasteiger partial charge in [-0.05, 0) is 24.3 Å². The van der Waals surface area contributed by atoms with Gasteiger partial charge in [0.15, 0.2) is 0 Å². The summed E-state index contributed by atoms with van der Waals surface area (Å²) in [7, 11) is 5.63. The first-order valence-electron chi connectivity index (χ1n) is 9.61. The average Bonchev–Trinajstić information content (AvgIpc) is 3.40. The molecule has 0 bridgehead atoms. The molecule has 0 saturated carbocycles. The molecule has 1 aliphatic rings. The number of nitrogens with zero attached hydrogens (tertiary/aromatic N) is 6. The molecule has 1 saturated heterocycles. The van der Waals surface area contributed by atoms with Gasteiger partial charge >= 0.3 is 0 Å². The second kappa shape index (κ2) is 8.54. The molecule has 1 fully saturated rings. The number of nitrogens with one attached hydrogen (secondary N) is 2. The van der Waals surface area contributed by atoms with Crippen LogP contribution in [0, 0.1) is 0 Å². The van der Waals surface area contributed by atoms with E-state index in [2.05, 4.69) is 35.4 Å². The van der Waals surface area contributed by atoms with Gasteiger partial charge in [-0.2, -0.15) is 10.1 Å². The molecule has 4 rings (SSSR count). The van der Waals surface area contributed by atoms with Gasteiger partial charge in [0.1, 0.15) is 11.5 Å². The lowest BCUT2D eigenvalue weighted by atomic mass is 10.2. The van der Waals surface area contributed by atoms with Crippen LogP contribution in [-0.2, 0) is 11.3 Å². The highest BCUT2D eigenvalue weighted by atomic mass is 16.5. The molecule has 0 spiro atoms. The van der Waals surface area contributed by atoms with Crippen molar-refractivity contribution in [1.82, 2.24) is 30.5 Å². The van der Waals surface area contributed by atoms with Crippen LogP contribution in [0.3, 0.4) is 0 Å². The van der Waals surface area contributed by atoms with E-state index in [1.165, 1.54) is 0 Å². The monoisotopic (exact) mass is 394 g/mol. The molecule has 9 heteroatoms. The maximum Gasteiger partial charge on any atom is 0.226 e. The molecule has 0 radical (unpaired) electrons. The Morgan fingerprint density at radius 1 is 1.17 bits per heavy atom. The van der Waals surface area contributed by atoms with Crippen LogP contribution < -0.4 is 15.1 Å². The number of hydrogen-bond donors (Lipinski definition) is 2. The standard InChI is InChI=1S/C20H26N8O/c1-27(2)20-22-9-7-19(24-20)28-12-17(18(13-28)29-3)23-11-14-10-16(26-25-14)15-6-4-5-8-21-15/h4-10,17-18,23H,11-13H2,1-3H3,(H,25,26)/t17-,18+/m0/s1. The van der Waals surface area contributed by atoms with E-state index in [-0.39, 0.29) is 12.1 Å². The minimum Gasteiger partial charge on any atom is -0.378 e. The second-order valence-corrected chi connectivity index (χ2v) is 7.27. The van der Waals surface area contributed by atoms with Gasteiger partial charge in [-0.15, -0.1) is 0 Å². The van der Waals surface area contributed by atoms with E-state index < -0.39 is 0 Å². The summed E-state index contributed by atoms with van der Waals surface area (Å²) in [5, 5.41) is 11.0. The molecule has 29 heavy (non-hydrogen) atoms. The summed E-state index contributed by atoms with van der Waals surface area (Å²) in [5.74, 6) is 1.61. The van der Waals surface area contributed by atoms with Crippen molar-refractivity contribution >= 4 is 11.8 Å². The first kappa shape index (κ1) is 19.3. The fourth-order valence-corrected chi connectivity index (χ4v) is 3.47. The van der Waals surface area contributed by atoms with E-state index in [1.54, 1.807) is 19.5 Å². The van der Waals surface area contributed by atoms with Gasteiger partial charge < -0.3 is 19.9 Å². The smallest absolute Gasteiger partial charge is 0.226 e. The molecule has 2 N–H and O–H groups in total. The maximum atomic E-state index is 5.72. The zero-order valence-corrected chi connectivity index (χ0v) is 16.9. The van der Waals surface area contributed by atoms with Crippen LogP contribution in [-0.4, -0.2) is 71.6 Å². The Bertz CT molecular complexity index is 929. The molecule has 0 unspecified atom stereocenters. The predicted molar refractivity (Wildman–Crippen MR) is 112 cm³/mol. The van der Waals surface area contributed by atoms with Crippen LogP contribution in [0.4, 0.5) is 11.8 Å². The van der Waals surface area contributed by atoms with Gasteiger partial charge in [-0.25, -0.2) is 4.98 Å². The summed E-state index contributed by atoms with van der Waals surface area (Å²) < 4.78 is 5.72. The Hall–Kier alpha value is -3.04. The first-order chi connectivity index (χ1) is 14.1. The van der Waals surface area contributed by atoms with Crippen LogP contribution in [0.1, 0.15) is 5.69 Å². The fourth-order valence-electron chi connectivity index (χ4n) is 3.47. The summed E-state index contributed by atoms with van der Waals surface area (Å²) in [6, 6.07) is 9.95. The molecule has 0 amide bonds. The Kier molecular flexibility index (Phi) is 5.68. The van der Waals surface area contributed by atoms with Gasteiger partial charge in [0, 0.05) is 58.9 Å². The lowest BCUT2D eigenvalue weighted by Gasteiger charge is -2.19. The second-order valence-electron chi connectivity index (χ2n) is 7.27. The zero-order valence-electron chi connectivity index (χ0n) is 16.9. The first-order valence-corrected chi connectivity index (χ1v) is 9.61. The SMILES string of the molecule is CO[C@@H]1CN(c2ccnc(N(C)C)n2)C[C@@H]1NCc1cc(-c2ccccn2)n[nH]1. The molecule has 0 aromatic carbocycles. The molecule has 152 valence electrons. The number of anilines is 2. The normalized spacial score (nSPS) is 18.9. The molecular weight excluding hydrogens is 368 g/mol. The van der Waals surface area contributed by atoms with Crippen molar-refractivity contribution < 1.29 is 4.74 Å². The number of hydrogen-bond acceptors (Lipinski definition) is 8. The summed E-state index contributed by atoms with van der Waals surface area (Å²) in [6.07, 6.45) is 3.64. The van der Waals surface area contributed by atoms with Gasteiger partial charge in [0.05, 0.1) is 17.8 Å². The number of pyridine rings is 1. The van der Waals surface area contributed by atoms with Crippen molar-refractivity contribution in [2.24, 2.45) is 0 Å². The van der Waals surface area contributed by atoms with Crippen LogP contribution in [0.15, 0.2) is 42.7 Å². The molecule has 9 nitrogen and oxygen atoms in total. The van der Waals surface area contributed by atoms with E-state index >= 15 is 0 Å². The van der Waals surface area contributed by atoms with E-state index in [0.717, 1.165) is 36.0 Å². The number of aromatic amines is 1. The summed E-state index contributed by atoms with van der Waals surface area (Å²) in [6.45, 7) is 2.26. The average molecular weight is 394 g/mol. The highest BCUT2D eigenvalue weighted by Gasteiger charge is 2.33. The van der Waals surface area contributed by atoms with Crippen molar-refractivity contribution in [1.29, 1.82) is 0 Å². The summed E-state index contributed by atoms with van der Waals surface area (Å²) >= 11 is 0. The van der Waals surface area contributed by atoms with Crippen molar-refractivity contribution in [2.75, 3.05) is 44.1 Å². The largest absolute Gasteiger partial charge is 0.378 e. The van der Waals surface area contributed by atoms with Gasteiger partial charge in [-0.3, -0.25) is 10.1 Å². The van der Waals surface area contributed by atoms with E-state index in [0.29, 0.717) is 12.5 Å². The quantitative estimate of drug-likeness (QED) is 0.620. The Labute approximate surface area is 170 Å². The van der Waals surface area contributed by atoms with Crippen LogP contribution in [0.2, 0.25) is 0 Å². The Balaban J connectivity index is 1.40. The highest BCUT2D eigenvalue weighted by molar-refractivity contribution is 5.53. The van der Waals surface area contributed by atoms with E-state index in [9.17, 15) is 0 Å². The number of ether oxygens (including phenoxy) is 1. The minimum atomic E-state index is 0.0750. The molecule has 0 aliphatic carbocycles. The third kappa shape index (κ3) is 4.36. The minimum absolute atomic E-state index is 0.0750. The molecular formula is C20H26N8O. The van der Waals surface area contributed by atoms with E-state index in [1.807, 2.05) is 49.3 Å². The van der Waals surface area contributed by atoms with Gasteiger partial charge in [0.2, 0.25) is 5.95 Å². The van der Waals surface area contributed by atoms with Crippen molar-refractivity contribution in [3.8, 4) is 11.4 Å². The third-order valence-corrected chi connectivity index (χ3v) is 5.03. The third-order valence-electron chi connectivity index (χ3n) is 5.03. The summed E-state index contributed by atoms with van der Waals surface area (Å²) in [4.78, 5) is 17.4. The highest BCUT2D eigenvalue weighted by Crippen LogP contribution is 2.22. The molecule has 3 aromatic rings. The van der Waals surface area contributed by atoms with Gasteiger partial charge in [0.25, 0.3) is 0 Å².